The average Bonchev–Trinajstić information content (AvgIpc) is 2.93. The topological polar surface area (TPSA) is 35.5 Å². The SMILES string of the molecule is COc1cc(OC)cc(-c2ccccc2C2=C(C)C(=O)CC2)c1. The van der Waals surface area contributed by atoms with Gasteiger partial charge in [0.25, 0.3) is 0 Å². The number of allylic oxidation sites excluding steroid dienone is 2. The van der Waals surface area contributed by atoms with Gasteiger partial charge in [0.15, 0.2) is 5.78 Å². The van der Waals surface area contributed by atoms with Crippen LogP contribution >= 0.6 is 0 Å². The fourth-order valence-electron chi connectivity index (χ4n) is 3.08. The van der Waals surface area contributed by atoms with Crippen LogP contribution in [0.4, 0.5) is 0 Å². The maximum atomic E-state index is 11.9. The Hall–Kier alpha value is -2.55. The summed E-state index contributed by atoms with van der Waals surface area (Å²) in [5.41, 5.74) is 5.26. The van der Waals surface area contributed by atoms with Crippen molar-refractivity contribution in [3.8, 4) is 22.6 Å². The minimum atomic E-state index is 0.248. The van der Waals surface area contributed by atoms with E-state index < -0.39 is 0 Å². The van der Waals surface area contributed by atoms with Gasteiger partial charge in [-0.05, 0) is 53.3 Å². The minimum absolute atomic E-state index is 0.248. The van der Waals surface area contributed by atoms with Gasteiger partial charge in [-0.1, -0.05) is 24.3 Å². The summed E-state index contributed by atoms with van der Waals surface area (Å²) in [6, 6.07) is 14.0. The largest absolute Gasteiger partial charge is 0.497 e. The van der Waals surface area contributed by atoms with E-state index in [1.807, 2.05) is 37.3 Å². The molecule has 0 N–H and O–H groups in total. The molecule has 0 bridgehead atoms. The molecule has 3 nitrogen and oxygen atoms in total. The van der Waals surface area contributed by atoms with Crippen LogP contribution in [0.1, 0.15) is 25.3 Å². The lowest BCUT2D eigenvalue weighted by Crippen LogP contribution is -1.93. The van der Waals surface area contributed by atoms with E-state index in [-0.39, 0.29) is 5.78 Å². The van der Waals surface area contributed by atoms with Crippen molar-refractivity contribution in [3.05, 3.63) is 53.6 Å². The highest BCUT2D eigenvalue weighted by molar-refractivity contribution is 6.07. The number of hydrogen-bond donors (Lipinski definition) is 0. The zero-order valence-electron chi connectivity index (χ0n) is 13.7. The molecule has 118 valence electrons. The Bertz CT molecular complexity index is 765. The lowest BCUT2D eigenvalue weighted by Gasteiger charge is -2.14. The average molecular weight is 308 g/mol. The van der Waals surface area contributed by atoms with Crippen molar-refractivity contribution < 1.29 is 14.3 Å². The first-order chi connectivity index (χ1) is 11.1. The van der Waals surface area contributed by atoms with Crippen LogP contribution in [0.3, 0.4) is 0 Å². The van der Waals surface area contributed by atoms with Crippen molar-refractivity contribution in [3.63, 3.8) is 0 Å². The Morgan fingerprint density at radius 3 is 2.00 bits per heavy atom. The number of carbonyl (C=O) groups excluding carboxylic acids is 1. The second-order valence-corrected chi connectivity index (χ2v) is 5.67. The molecule has 0 saturated carbocycles. The second kappa shape index (κ2) is 6.29. The molecule has 0 unspecified atom stereocenters. The monoisotopic (exact) mass is 308 g/mol. The molecule has 3 rings (SSSR count). The third kappa shape index (κ3) is 2.87. The molecule has 0 radical (unpaired) electrons. The predicted molar refractivity (Wildman–Crippen MR) is 91.8 cm³/mol. The van der Waals surface area contributed by atoms with Gasteiger partial charge >= 0.3 is 0 Å². The van der Waals surface area contributed by atoms with Crippen molar-refractivity contribution in [2.75, 3.05) is 14.2 Å². The van der Waals surface area contributed by atoms with E-state index in [0.29, 0.717) is 6.42 Å². The smallest absolute Gasteiger partial charge is 0.159 e. The van der Waals surface area contributed by atoms with E-state index in [9.17, 15) is 4.79 Å². The quantitative estimate of drug-likeness (QED) is 0.834. The molecule has 0 fully saturated rings. The maximum Gasteiger partial charge on any atom is 0.159 e. The van der Waals surface area contributed by atoms with Crippen LogP contribution in [-0.4, -0.2) is 20.0 Å². The lowest BCUT2D eigenvalue weighted by atomic mass is 9.92. The van der Waals surface area contributed by atoms with Gasteiger partial charge in [-0.3, -0.25) is 4.79 Å². The number of benzene rings is 2. The number of rotatable bonds is 4. The highest BCUT2D eigenvalue weighted by Crippen LogP contribution is 2.39. The van der Waals surface area contributed by atoms with Gasteiger partial charge in [-0.15, -0.1) is 0 Å². The molecule has 1 aliphatic rings. The molecule has 3 heteroatoms. The van der Waals surface area contributed by atoms with Crippen LogP contribution in [-0.2, 0) is 4.79 Å². The molecule has 2 aromatic carbocycles. The molecule has 0 spiro atoms. The summed E-state index contributed by atoms with van der Waals surface area (Å²) in [5.74, 6) is 1.75. The number of ether oxygens (including phenoxy) is 2. The molecule has 2 aromatic rings. The van der Waals surface area contributed by atoms with E-state index in [2.05, 4.69) is 12.1 Å². The van der Waals surface area contributed by atoms with Gasteiger partial charge in [-0.25, -0.2) is 0 Å². The van der Waals surface area contributed by atoms with Crippen LogP contribution in [0.5, 0.6) is 11.5 Å². The van der Waals surface area contributed by atoms with Crippen molar-refractivity contribution in [2.24, 2.45) is 0 Å². The van der Waals surface area contributed by atoms with Gasteiger partial charge in [0, 0.05) is 12.5 Å². The van der Waals surface area contributed by atoms with E-state index in [1.165, 1.54) is 0 Å². The molecular formula is C20H20O3. The third-order valence-corrected chi connectivity index (χ3v) is 4.39. The number of methoxy groups -OCH3 is 2. The first-order valence-electron chi connectivity index (χ1n) is 7.70. The van der Waals surface area contributed by atoms with Crippen LogP contribution in [0.2, 0.25) is 0 Å². The summed E-state index contributed by atoms with van der Waals surface area (Å²) in [6.07, 6.45) is 1.42. The summed E-state index contributed by atoms with van der Waals surface area (Å²) in [4.78, 5) is 11.9. The third-order valence-electron chi connectivity index (χ3n) is 4.39. The molecule has 23 heavy (non-hydrogen) atoms. The van der Waals surface area contributed by atoms with Gasteiger partial charge in [-0.2, -0.15) is 0 Å². The standard InChI is InChI=1S/C20H20O3/c1-13-17(8-9-20(13)21)19-7-5-4-6-18(19)14-10-15(22-2)12-16(11-14)23-3/h4-7,10-12H,8-9H2,1-3H3. The van der Waals surface area contributed by atoms with Crippen LogP contribution in [0.15, 0.2) is 48.0 Å². The normalized spacial score (nSPS) is 14.3. The lowest BCUT2D eigenvalue weighted by molar-refractivity contribution is -0.114. The van der Waals surface area contributed by atoms with Crippen LogP contribution in [0, 0.1) is 0 Å². The second-order valence-electron chi connectivity index (χ2n) is 5.67. The maximum absolute atomic E-state index is 11.9. The Morgan fingerprint density at radius 2 is 1.48 bits per heavy atom. The highest BCUT2D eigenvalue weighted by atomic mass is 16.5. The molecular weight excluding hydrogens is 288 g/mol. The number of Topliss-reactive ketones (excluding diaryl/α,β-unsaturated/α-hetero) is 1. The van der Waals surface area contributed by atoms with Crippen LogP contribution in [0.25, 0.3) is 16.7 Å². The zero-order valence-corrected chi connectivity index (χ0v) is 13.7. The first kappa shape index (κ1) is 15.3. The van der Waals surface area contributed by atoms with E-state index in [0.717, 1.165) is 45.8 Å². The van der Waals surface area contributed by atoms with E-state index in [4.69, 9.17) is 9.47 Å². The number of carbonyl (C=O) groups is 1. The van der Waals surface area contributed by atoms with Gasteiger partial charge < -0.3 is 9.47 Å². The molecule has 0 aromatic heterocycles. The van der Waals surface area contributed by atoms with E-state index in [1.54, 1.807) is 14.2 Å². The first-order valence-corrected chi connectivity index (χ1v) is 7.70. The minimum Gasteiger partial charge on any atom is -0.497 e. The molecule has 0 saturated heterocycles. The fourth-order valence-corrected chi connectivity index (χ4v) is 3.08. The van der Waals surface area contributed by atoms with Crippen LogP contribution < -0.4 is 9.47 Å². The summed E-state index contributed by atoms with van der Waals surface area (Å²) in [6.45, 7) is 1.92. The fraction of sp³-hybridized carbons (Fsp3) is 0.250. The van der Waals surface area contributed by atoms with Gasteiger partial charge in [0.05, 0.1) is 14.2 Å². The molecule has 0 heterocycles. The number of hydrogen-bond acceptors (Lipinski definition) is 3. The van der Waals surface area contributed by atoms with Gasteiger partial charge in [0.1, 0.15) is 11.5 Å². The molecule has 0 amide bonds. The van der Waals surface area contributed by atoms with Crippen molar-refractivity contribution in [2.45, 2.75) is 19.8 Å². The zero-order chi connectivity index (χ0) is 16.4. The van der Waals surface area contributed by atoms with Crippen molar-refractivity contribution in [1.82, 2.24) is 0 Å². The highest BCUT2D eigenvalue weighted by Gasteiger charge is 2.22. The predicted octanol–water partition coefficient (Wildman–Crippen LogP) is 4.51. The Labute approximate surface area is 136 Å². The Kier molecular flexibility index (Phi) is 4.20. The Morgan fingerprint density at radius 1 is 0.870 bits per heavy atom. The van der Waals surface area contributed by atoms with Crippen molar-refractivity contribution >= 4 is 11.4 Å². The summed E-state index contributed by atoms with van der Waals surface area (Å²) >= 11 is 0. The van der Waals surface area contributed by atoms with E-state index >= 15 is 0 Å². The Balaban J connectivity index is 2.17. The molecule has 1 aliphatic carbocycles. The van der Waals surface area contributed by atoms with Gasteiger partial charge in [0.2, 0.25) is 0 Å². The van der Waals surface area contributed by atoms with Crippen molar-refractivity contribution in [1.29, 1.82) is 0 Å². The molecule has 0 atom stereocenters. The number of ketones is 1. The summed E-state index contributed by atoms with van der Waals surface area (Å²) < 4.78 is 10.8. The summed E-state index contributed by atoms with van der Waals surface area (Å²) in [7, 11) is 3.29. The molecule has 0 aliphatic heterocycles. The summed E-state index contributed by atoms with van der Waals surface area (Å²) in [5, 5.41) is 0.